The quantitative estimate of drug-likeness (QED) is 0.459. The minimum absolute atomic E-state index is 0.0204. The average molecular weight is 476 g/mol. The average Bonchev–Trinajstić information content (AvgIpc) is 2.79. The summed E-state index contributed by atoms with van der Waals surface area (Å²) < 4.78 is 59.0. The molecule has 32 heavy (non-hydrogen) atoms. The van der Waals surface area contributed by atoms with E-state index in [2.05, 4.69) is 14.8 Å². The summed E-state index contributed by atoms with van der Waals surface area (Å²) >= 11 is 0. The molecule has 0 atom stereocenters. The number of para-hydroxylation sites is 2. The molecule has 3 aromatic carbocycles. The highest BCUT2D eigenvalue weighted by molar-refractivity contribution is 7.92. The van der Waals surface area contributed by atoms with Gasteiger partial charge in [0.05, 0.1) is 22.6 Å². The number of amides is 1. The molecule has 0 saturated heterocycles. The SMILES string of the molecule is CNS(=O)(=O)c1ccc(C(=O)Nc2cccc(S(=O)(=O)Nc3ccccc3OC)c2)cc1. The highest BCUT2D eigenvalue weighted by Crippen LogP contribution is 2.27. The van der Waals surface area contributed by atoms with Crippen molar-refractivity contribution in [1.29, 1.82) is 0 Å². The van der Waals surface area contributed by atoms with Crippen molar-refractivity contribution in [2.75, 3.05) is 24.2 Å². The van der Waals surface area contributed by atoms with E-state index in [1.54, 1.807) is 30.3 Å². The molecule has 11 heteroatoms. The Morgan fingerprint density at radius 3 is 2.16 bits per heavy atom. The normalized spacial score (nSPS) is 11.6. The number of ether oxygens (including phenoxy) is 1. The Morgan fingerprint density at radius 2 is 1.50 bits per heavy atom. The van der Waals surface area contributed by atoms with Gasteiger partial charge in [0.1, 0.15) is 5.75 Å². The number of anilines is 2. The third kappa shape index (κ3) is 5.25. The van der Waals surface area contributed by atoms with Crippen molar-refractivity contribution < 1.29 is 26.4 Å². The Bertz CT molecular complexity index is 1340. The number of rotatable bonds is 8. The molecule has 0 spiro atoms. The topological polar surface area (TPSA) is 131 Å². The van der Waals surface area contributed by atoms with Crippen LogP contribution in [0.15, 0.2) is 82.6 Å². The third-order valence-electron chi connectivity index (χ3n) is 4.45. The Hall–Kier alpha value is -3.41. The second kappa shape index (κ2) is 9.39. The molecule has 9 nitrogen and oxygen atoms in total. The molecule has 3 aromatic rings. The van der Waals surface area contributed by atoms with E-state index >= 15 is 0 Å². The van der Waals surface area contributed by atoms with Crippen LogP contribution in [0.5, 0.6) is 5.75 Å². The number of nitrogens with one attached hydrogen (secondary N) is 3. The van der Waals surface area contributed by atoms with Crippen molar-refractivity contribution in [3.63, 3.8) is 0 Å². The van der Waals surface area contributed by atoms with Gasteiger partial charge in [-0.1, -0.05) is 18.2 Å². The molecule has 0 aliphatic carbocycles. The van der Waals surface area contributed by atoms with Gasteiger partial charge in [-0.3, -0.25) is 9.52 Å². The molecule has 0 aromatic heterocycles. The van der Waals surface area contributed by atoms with E-state index < -0.39 is 26.0 Å². The summed E-state index contributed by atoms with van der Waals surface area (Å²) in [5.74, 6) is -0.157. The predicted octanol–water partition coefficient (Wildman–Crippen LogP) is 2.66. The summed E-state index contributed by atoms with van der Waals surface area (Å²) in [5.41, 5.74) is 0.742. The fourth-order valence-electron chi connectivity index (χ4n) is 2.78. The van der Waals surface area contributed by atoms with Gasteiger partial charge < -0.3 is 10.1 Å². The number of carbonyl (C=O) groups is 1. The van der Waals surface area contributed by atoms with Crippen LogP contribution < -0.4 is 19.5 Å². The first kappa shape index (κ1) is 23.3. The van der Waals surface area contributed by atoms with Crippen LogP contribution in [-0.2, 0) is 20.0 Å². The Kier molecular flexibility index (Phi) is 6.82. The van der Waals surface area contributed by atoms with Gasteiger partial charge in [-0.15, -0.1) is 0 Å². The molecular formula is C21H21N3O6S2. The van der Waals surface area contributed by atoms with Gasteiger partial charge in [0, 0.05) is 11.3 Å². The summed E-state index contributed by atoms with van der Waals surface area (Å²) in [6.45, 7) is 0. The van der Waals surface area contributed by atoms with Crippen molar-refractivity contribution in [3.05, 3.63) is 78.4 Å². The molecule has 3 N–H and O–H groups in total. The molecule has 0 aliphatic rings. The zero-order chi connectivity index (χ0) is 23.4. The van der Waals surface area contributed by atoms with Crippen LogP contribution in [-0.4, -0.2) is 36.9 Å². The lowest BCUT2D eigenvalue weighted by Gasteiger charge is -2.13. The lowest BCUT2D eigenvalue weighted by molar-refractivity contribution is 0.102. The van der Waals surface area contributed by atoms with E-state index in [1.807, 2.05) is 0 Å². The number of methoxy groups -OCH3 is 1. The first-order valence-electron chi connectivity index (χ1n) is 9.27. The molecule has 0 unspecified atom stereocenters. The lowest BCUT2D eigenvalue weighted by Crippen LogP contribution is -2.19. The maximum Gasteiger partial charge on any atom is 0.262 e. The molecule has 0 bridgehead atoms. The summed E-state index contributed by atoms with van der Waals surface area (Å²) in [6.07, 6.45) is 0. The van der Waals surface area contributed by atoms with Crippen LogP contribution in [0, 0.1) is 0 Å². The summed E-state index contributed by atoms with van der Waals surface area (Å²) in [7, 11) is -4.84. The summed E-state index contributed by atoms with van der Waals surface area (Å²) in [4.78, 5) is 12.5. The summed E-state index contributed by atoms with van der Waals surface area (Å²) in [6, 6.07) is 17.7. The van der Waals surface area contributed by atoms with Crippen LogP contribution in [0.3, 0.4) is 0 Å². The Balaban J connectivity index is 1.79. The maximum absolute atomic E-state index is 12.8. The maximum atomic E-state index is 12.8. The first-order valence-corrected chi connectivity index (χ1v) is 12.2. The molecular weight excluding hydrogens is 454 g/mol. The molecule has 0 fully saturated rings. The van der Waals surface area contributed by atoms with E-state index in [-0.39, 0.29) is 26.7 Å². The minimum Gasteiger partial charge on any atom is -0.495 e. The number of carbonyl (C=O) groups excluding carboxylic acids is 1. The van der Waals surface area contributed by atoms with Crippen LogP contribution in [0.2, 0.25) is 0 Å². The second-order valence-corrected chi connectivity index (χ2v) is 10.1. The molecule has 0 saturated carbocycles. The van der Waals surface area contributed by atoms with Gasteiger partial charge in [0.15, 0.2) is 0 Å². The fourth-order valence-corrected chi connectivity index (χ4v) is 4.63. The monoisotopic (exact) mass is 475 g/mol. The highest BCUT2D eigenvalue weighted by Gasteiger charge is 2.18. The van der Waals surface area contributed by atoms with Gasteiger partial charge in [0.2, 0.25) is 10.0 Å². The van der Waals surface area contributed by atoms with Gasteiger partial charge >= 0.3 is 0 Å². The summed E-state index contributed by atoms with van der Waals surface area (Å²) in [5, 5.41) is 2.61. The zero-order valence-corrected chi connectivity index (χ0v) is 18.8. The lowest BCUT2D eigenvalue weighted by atomic mass is 10.2. The molecule has 0 radical (unpaired) electrons. The van der Waals surface area contributed by atoms with Crippen LogP contribution in [0.25, 0.3) is 0 Å². The smallest absolute Gasteiger partial charge is 0.262 e. The molecule has 168 valence electrons. The van der Waals surface area contributed by atoms with Gasteiger partial charge in [0.25, 0.3) is 15.9 Å². The van der Waals surface area contributed by atoms with E-state index in [4.69, 9.17) is 4.74 Å². The number of hydrogen-bond donors (Lipinski definition) is 3. The number of hydrogen-bond acceptors (Lipinski definition) is 6. The Morgan fingerprint density at radius 1 is 0.812 bits per heavy atom. The van der Waals surface area contributed by atoms with E-state index in [9.17, 15) is 21.6 Å². The van der Waals surface area contributed by atoms with Gasteiger partial charge in [-0.05, 0) is 61.6 Å². The molecule has 1 amide bonds. The van der Waals surface area contributed by atoms with E-state index in [0.29, 0.717) is 5.75 Å². The van der Waals surface area contributed by atoms with Crippen LogP contribution in [0.4, 0.5) is 11.4 Å². The molecule has 0 heterocycles. The molecule has 0 aliphatic heterocycles. The minimum atomic E-state index is -3.95. The fraction of sp³-hybridized carbons (Fsp3) is 0.0952. The van der Waals surface area contributed by atoms with Gasteiger partial charge in [-0.25, -0.2) is 21.6 Å². The van der Waals surface area contributed by atoms with Crippen LogP contribution >= 0.6 is 0 Å². The second-order valence-electron chi connectivity index (χ2n) is 6.52. The first-order chi connectivity index (χ1) is 15.2. The van der Waals surface area contributed by atoms with E-state index in [1.165, 1.54) is 56.6 Å². The van der Waals surface area contributed by atoms with Crippen molar-refractivity contribution in [2.45, 2.75) is 9.79 Å². The Labute approximate surface area is 186 Å². The highest BCUT2D eigenvalue weighted by atomic mass is 32.2. The number of sulfonamides is 2. The van der Waals surface area contributed by atoms with Crippen molar-refractivity contribution >= 4 is 37.3 Å². The zero-order valence-electron chi connectivity index (χ0n) is 17.2. The van der Waals surface area contributed by atoms with Crippen molar-refractivity contribution in [1.82, 2.24) is 4.72 Å². The van der Waals surface area contributed by atoms with E-state index in [0.717, 1.165) is 0 Å². The van der Waals surface area contributed by atoms with Crippen LogP contribution in [0.1, 0.15) is 10.4 Å². The third-order valence-corrected chi connectivity index (χ3v) is 7.24. The number of benzene rings is 3. The van der Waals surface area contributed by atoms with Crippen molar-refractivity contribution in [3.8, 4) is 5.75 Å². The van der Waals surface area contributed by atoms with Gasteiger partial charge in [-0.2, -0.15) is 0 Å². The molecule has 3 rings (SSSR count). The largest absolute Gasteiger partial charge is 0.495 e. The predicted molar refractivity (Wildman–Crippen MR) is 121 cm³/mol. The standard InChI is InChI=1S/C21H21N3O6S2/c1-22-31(26,27)17-12-10-15(11-13-17)21(25)23-16-6-5-7-18(14-16)32(28,29)24-19-8-3-4-9-20(19)30-2/h3-14,22,24H,1-2H3,(H,23,25). The van der Waals surface area contributed by atoms with Crippen molar-refractivity contribution in [2.24, 2.45) is 0 Å².